The van der Waals surface area contributed by atoms with Crippen LogP contribution in [-0.4, -0.2) is 25.0 Å². The number of ether oxygens (including phenoxy) is 2. The van der Waals surface area contributed by atoms with Crippen LogP contribution >= 0.6 is 0 Å². The van der Waals surface area contributed by atoms with Crippen LogP contribution < -0.4 is 0 Å². The predicted octanol–water partition coefficient (Wildman–Crippen LogP) is 1.41. The van der Waals surface area contributed by atoms with Crippen LogP contribution in [0.15, 0.2) is 0 Å². The number of alkyl halides is 1. The van der Waals surface area contributed by atoms with Crippen molar-refractivity contribution in [2.45, 2.75) is 38.6 Å². The number of halogens is 1. The van der Waals surface area contributed by atoms with Gasteiger partial charge in [-0.25, -0.2) is 9.18 Å². The average Bonchev–Trinajstić information content (AvgIpc) is 1.97. The molecule has 0 saturated heterocycles. The fraction of sp³-hybridized carbons (Fsp3) is 0.875. The van der Waals surface area contributed by atoms with Gasteiger partial charge in [0.25, 0.3) is 6.36 Å². The highest BCUT2D eigenvalue weighted by atomic mass is 19.1. The summed E-state index contributed by atoms with van der Waals surface area (Å²) in [7, 11) is 0. The molecule has 0 aromatic heterocycles. The highest BCUT2D eigenvalue weighted by Crippen LogP contribution is 2.23. The van der Waals surface area contributed by atoms with Crippen molar-refractivity contribution in [3.63, 3.8) is 0 Å². The zero-order chi connectivity index (χ0) is 8.97. The van der Waals surface area contributed by atoms with Crippen LogP contribution in [-0.2, 0) is 14.3 Å². The third-order valence-corrected chi connectivity index (χ3v) is 1.84. The van der Waals surface area contributed by atoms with E-state index >= 15 is 0 Å². The Bertz CT molecular complexity index is 156. The molecule has 70 valence electrons. The molecule has 1 fully saturated rings. The molecule has 0 bridgehead atoms. The summed E-state index contributed by atoms with van der Waals surface area (Å²) in [6, 6.07) is 0. The van der Waals surface area contributed by atoms with E-state index in [9.17, 15) is 9.18 Å². The number of hydrogen-bond acceptors (Lipinski definition) is 3. The minimum absolute atomic E-state index is 0.0793. The quantitative estimate of drug-likeness (QED) is 0.607. The Morgan fingerprint density at radius 1 is 1.67 bits per heavy atom. The molecule has 0 radical (unpaired) electrons. The Morgan fingerprint density at radius 3 is 2.75 bits per heavy atom. The van der Waals surface area contributed by atoms with Gasteiger partial charge in [-0.3, -0.25) is 0 Å². The molecule has 0 aromatic carbocycles. The fourth-order valence-corrected chi connectivity index (χ4v) is 0.939. The minimum atomic E-state index is -1.89. The first-order valence-electron chi connectivity index (χ1n) is 4.20. The van der Waals surface area contributed by atoms with E-state index in [1.165, 1.54) is 0 Å². The van der Waals surface area contributed by atoms with E-state index in [0.717, 1.165) is 19.3 Å². The summed E-state index contributed by atoms with van der Waals surface area (Å²) < 4.78 is 22.0. The van der Waals surface area contributed by atoms with Gasteiger partial charge < -0.3 is 9.47 Å². The van der Waals surface area contributed by atoms with Crippen LogP contribution in [0.5, 0.6) is 0 Å². The first kappa shape index (κ1) is 9.45. The summed E-state index contributed by atoms with van der Waals surface area (Å²) >= 11 is 0. The summed E-state index contributed by atoms with van der Waals surface area (Å²) in [5.41, 5.74) is 0. The molecular weight excluding hydrogens is 163 g/mol. The normalized spacial score (nSPS) is 19.8. The van der Waals surface area contributed by atoms with Crippen LogP contribution in [0.25, 0.3) is 0 Å². The Morgan fingerprint density at radius 2 is 2.33 bits per heavy atom. The molecule has 4 heteroatoms. The van der Waals surface area contributed by atoms with Crippen molar-refractivity contribution < 1.29 is 18.7 Å². The molecule has 3 nitrogen and oxygen atoms in total. The molecule has 1 rings (SSSR count). The topological polar surface area (TPSA) is 35.5 Å². The number of esters is 1. The Kier molecular flexibility index (Phi) is 3.47. The molecular formula is C8H13FO3. The lowest BCUT2D eigenvalue weighted by atomic mass is 9.96. The van der Waals surface area contributed by atoms with Crippen molar-refractivity contribution >= 4 is 5.97 Å². The molecule has 0 heterocycles. The molecule has 0 aromatic rings. The van der Waals surface area contributed by atoms with E-state index in [-0.39, 0.29) is 12.7 Å². The van der Waals surface area contributed by atoms with Gasteiger partial charge in [0.05, 0.1) is 12.7 Å². The van der Waals surface area contributed by atoms with Gasteiger partial charge in [-0.2, -0.15) is 0 Å². The molecule has 1 aliphatic rings. The van der Waals surface area contributed by atoms with Crippen LogP contribution in [0.2, 0.25) is 0 Å². The molecule has 0 aliphatic heterocycles. The van der Waals surface area contributed by atoms with E-state index in [4.69, 9.17) is 4.74 Å². The maximum Gasteiger partial charge on any atom is 0.368 e. The molecule has 0 amide bonds. The van der Waals surface area contributed by atoms with Crippen LogP contribution in [0.1, 0.15) is 26.2 Å². The van der Waals surface area contributed by atoms with Gasteiger partial charge in [0.2, 0.25) is 0 Å². The van der Waals surface area contributed by atoms with Crippen molar-refractivity contribution in [2.75, 3.05) is 6.61 Å². The van der Waals surface area contributed by atoms with Crippen molar-refractivity contribution in [1.29, 1.82) is 0 Å². The molecule has 12 heavy (non-hydrogen) atoms. The summed E-state index contributed by atoms with van der Waals surface area (Å²) in [5.74, 6) is -0.913. The van der Waals surface area contributed by atoms with Gasteiger partial charge in [-0.1, -0.05) is 0 Å². The Labute approximate surface area is 70.8 Å². The van der Waals surface area contributed by atoms with E-state index in [1.54, 1.807) is 6.92 Å². The van der Waals surface area contributed by atoms with Gasteiger partial charge in [-0.05, 0) is 26.2 Å². The van der Waals surface area contributed by atoms with E-state index < -0.39 is 12.3 Å². The highest BCUT2D eigenvalue weighted by Gasteiger charge is 2.27. The average molecular weight is 176 g/mol. The van der Waals surface area contributed by atoms with Crippen LogP contribution in [0.3, 0.4) is 0 Å². The van der Waals surface area contributed by atoms with Crippen LogP contribution in [0, 0.1) is 0 Å². The first-order valence-corrected chi connectivity index (χ1v) is 4.20. The lowest BCUT2D eigenvalue weighted by Crippen LogP contribution is -2.31. The van der Waals surface area contributed by atoms with E-state index in [1.807, 2.05) is 0 Å². The second-order valence-electron chi connectivity index (χ2n) is 2.76. The zero-order valence-corrected chi connectivity index (χ0v) is 7.09. The largest absolute Gasteiger partial charge is 0.462 e. The molecule has 1 atom stereocenters. The monoisotopic (exact) mass is 176 g/mol. The molecule has 0 N–H and O–H groups in total. The highest BCUT2D eigenvalue weighted by molar-refractivity contribution is 5.72. The number of carbonyl (C=O) groups excluding carboxylic acids is 1. The Hall–Kier alpha value is -0.640. The Balaban J connectivity index is 2.16. The number of carbonyl (C=O) groups is 1. The van der Waals surface area contributed by atoms with Crippen molar-refractivity contribution in [3.05, 3.63) is 0 Å². The SMILES string of the molecule is CCOC(=O)C(F)OC1CCC1. The third kappa shape index (κ3) is 2.44. The third-order valence-electron chi connectivity index (χ3n) is 1.84. The second-order valence-corrected chi connectivity index (χ2v) is 2.76. The van der Waals surface area contributed by atoms with Gasteiger partial charge in [0.1, 0.15) is 0 Å². The number of rotatable bonds is 4. The fourth-order valence-electron chi connectivity index (χ4n) is 0.939. The van der Waals surface area contributed by atoms with Gasteiger partial charge in [0, 0.05) is 0 Å². The standard InChI is InChI=1S/C8H13FO3/c1-2-11-8(10)7(9)12-6-4-3-5-6/h6-7H,2-5H2,1H3. The molecule has 1 saturated carbocycles. The summed E-state index contributed by atoms with van der Waals surface area (Å²) in [5, 5.41) is 0. The second kappa shape index (κ2) is 4.40. The van der Waals surface area contributed by atoms with E-state index in [2.05, 4.69) is 4.74 Å². The van der Waals surface area contributed by atoms with Crippen molar-refractivity contribution in [2.24, 2.45) is 0 Å². The minimum Gasteiger partial charge on any atom is -0.462 e. The van der Waals surface area contributed by atoms with Crippen molar-refractivity contribution in [3.8, 4) is 0 Å². The lowest BCUT2D eigenvalue weighted by molar-refractivity contribution is -0.181. The maximum atomic E-state index is 12.8. The van der Waals surface area contributed by atoms with Crippen molar-refractivity contribution in [1.82, 2.24) is 0 Å². The summed E-state index contributed by atoms with van der Waals surface area (Å²) in [6.45, 7) is 1.82. The number of hydrogen-bond donors (Lipinski definition) is 0. The zero-order valence-electron chi connectivity index (χ0n) is 7.09. The maximum absolute atomic E-state index is 12.8. The van der Waals surface area contributed by atoms with Gasteiger partial charge >= 0.3 is 5.97 Å². The summed E-state index contributed by atoms with van der Waals surface area (Å²) in [4.78, 5) is 10.7. The molecule has 1 aliphatic carbocycles. The smallest absolute Gasteiger partial charge is 0.368 e. The van der Waals surface area contributed by atoms with E-state index in [0.29, 0.717) is 0 Å². The van der Waals surface area contributed by atoms with Gasteiger partial charge in [0.15, 0.2) is 0 Å². The first-order chi connectivity index (χ1) is 5.74. The molecule has 1 unspecified atom stereocenters. The van der Waals surface area contributed by atoms with Crippen LogP contribution in [0.4, 0.5) is 4.39 Å². The predicted molar refractivity (Wildman–Crippen MR) is 40.3 cm³/mol. The summed E-state index contributed by atoms with van der Waals surface area (Å²) in [6.07, 6.45) is 0.777. The molecule has 0 spiro atoms. The lowest BCUT2D eigenvalue weighted by Gasteiger charge is -2.26. The van der Waals surface area contributed by atoms with Gasteiger partial charge in [-0.15, -0.1) is 0 Å².